The highest BCUT2D eigenvalue weighted by Crippen LogP contribution is 2.22. The van der Waals surface area contributed by atoms with Crippen LogP contribution in [0.3, 0.4) is 0 Å². The van der Waals surface area contributed by atoms with Crippen molar-refractivity contribution in [1.82, 2.24) is 4.57 Å². The van der Waals surface area contributed by atoms with Gasteiger partial charge in [-0.3, -0.25) is 4.79 Å². The second-order valence-corrected chi connectivity index (χ2v) is 7.42. The van der Waals surface area contributed by atoms with Crippen LogP contribution in [-0.2, 0) is 17.8 Å². The smallest absolute Gasteiger partial charge is 0.252 e. The third-order valence-corrected chi connectivity index (χ3v) is 5.31. The zero-order chi connectivity index (χ0) is 17.8. The van der Waals surface area contributed by atoms with Crippen molar-refractivity contribution < 1.29 is 9.53 Å². The van der Waals surface area contributed by atoms with Crippen LogP contribution in [0, 0.1) is 0 Å². The Balaban J connectivity index is 1.86. The van der Waals surface area contributed by atoms with Crippen LogP contribution >= 0.6 is 27.3 Å². The van der Waals surface area contributed by atoms with Crippen LogP contribution in [0.5, 0.6) is 5.75 Å². The topological polar surface area (TPSA) is 43.6 Å². The van der Waals surface area contributed by atoms with E-state index in [1.54, 1.807) is 0 Å². The standard InChI is InChI=1S/C19H19BrN2O2S/c1-3-22-16-10-7-14(20)12-17(16)25-19(22)21-18(23)11-13-5-8-15(9-6-13)24-4-2/h5-10,12H,3-4,11H2,1-2H3. The molecular weight excluding hydrogens is 400 g/mol. The summed E-state index contributed by atoms with van der Waals surface area (Å²) in [6.45, 7) is 5.41. The number of rotatable bonds is 5. The van der Waals surface area contributed by atoms with E-state index in [9.17, 15) is 4.79 Å². The molecule has 0 bridgehead atoms. The van der Waals surface area contributed by atoms with Gasteiger partial charge in [-0.15, -0.1) is 0 Å². The van der Waals surface area contributed by atoms with Gasteiger partial charge in [0.25, 0.3) is 5.91 Å². The molecule has 0 spiro atoms. The third-order valence-electron chi connectivity index (χ3n) is 3.77. The normalized spacial score (nSPS) is 11.9. The van der Waals surface area contributed by atoms with Crippen LogP contribution in [0.25, 0.3) is 10.2 Å². The number of hydrogen-bond acceptors (Lipinski definition) is 3. The van der Waals surface area contributed by atoms with Crippen LogP contribution in [0.1, 0.15) is 19.4 Å². The molecule has 2 aromatic carbocycles. The van der Waals surface area contributed by atoms with Crippen molar-refractivity contribution in [3.63, 3.8) is 0 Å². The number of amides is 1. The highest BCUT2D eigenvalue weighted by molar-refractivity contribution is 9.10. The van der Waals surface area contributed by atoms with Crippen molar-refractivity contribution in [2.75, 3.05) is 6.61 Å². The van der Waals surface area contributed by atoms with Crippen molar-refractivity contribution in [2.24, 2.45) is 4.99 Å². The highest BCUT2D eigenvalue weighted by Gasteiger charge is 2.08. The van der Waals surface area contributed by atoms with Crippen LogP contribution in [0.2, 0.25) is 0 Å². The van der Waals surface area contributed by atoms with E-state index in [0.717, 1.165) is 37.3 Å². The van der Waals surface area contributed by atoms with Crippen LogP contribution < -0.4 is 9.54 Å². The quantitative estimate of drug-likeness (QED) is 0.609. The lowest BCUT2D eigenvalue weighted by Crippen LogP contribution is -2.16. The second-order valence-electron chi connectivity index (χ2n) is 5.50. The molecule has 25 heavy (non-hydrogen) atoms. The maximum absolute atomic E-state index is 12.4. The van der Waals surface area contributed by atoms with Gasteiger partial charge >= 0.3 is 0 Å². The Morgan fingerprint density at radius 2 is 1.96 bits per heavy atom. The lowest BCUT2D eigenvalue weighted by molar-refractivity contribution is -0.117. The molecule has 4 nitrogen and oxygen atoms in total. The first-order chi connectivity index (χ1) is 12.1. The van der Waals surface area contributed by atoms with Crippen LogP contribution in [0.15, 0.2) is 51.9 Å². The van der Waals surface area contributed by atoms with Crippen molar-refractivity contribution >= 4 is 43.4 Å². The molecule has 0 aliphatic carbocycles. The minimum absolute atomic E-state index is 0.142. The fraction of sp³-hybridized carbons (Fsp3) is 0.263. The number of aromatic nitrogens is 1. The summed E-state index contributed by atoms with van der Waals surface area (Å²) in [5.41, 5.74) is 2.03. The number of thiazole rings is 1. The van der Waals surface area contributed by atoms with Gasteiger partial charge in [-0.25, -0.2) is 0 Å². The number of halogens is 1. The molecule has 1 amide bonds. The van der Waals surface area contributed by atoms with Crippen LogP contribution in [-0.4, -0.2) is 17.1 Å². The van der Waals surface area contributed by atoms with Gasteiger partial charge in [0.2, 0.25) is 0 Å². The molecule has 0 unspecified atom stereocenters. The third kappa shape index (κ3) is 4.19. The van der Waals surface area contributed by atoms with E-state index in [2.05, 4.69) is 44.5 Å². The lowest BCUT2D eigenvalue weighted by Gasteiger charge is -2.03. The summed E-state index contributed by atoms with van der Waals surface area (Å²) in [6.07, 6.45) is 0.286. The van der Waals surface area contributed by atoms with Gasteiger partial charge in [-0.05, 0) is 49.7 Å². The molecular formula is C19H19BrN2O2S. The Labute approximate surface area is 158 Å². The zero-order valence-corrected chi connectivity index (χ0v) is 16.6. The maximum Gasteiger partial charge on any atom is 0.252 e. The Morgan fingerprint density at radius 1 is 1.20 bits per heavy atom. The van der Waals surface area contributed by atoms with Crippen molar-refractivity contribution in [3.05, 3.63) is 57.3 Å². The SMILES string of the molecule is CCOc1ccc(CC(=O)N=c2sc3cc(Br)ccc3n2CC)cc1. The summed E-state index contributed by atoms with van der Waals surface area (Å²) in [5, 5.41) is 0. The minimum atomic E-state index is -0.142. The molecule has 0 saturated heterocycles. The predicted octanol–water partition coefficient (Wildman–Crippen LogP) is 4.55. The van der Waals surface area contributed by atoms with Crippen molar-refractivity contribution in [3.8, 4) is 5.75 Å². The van der Waals surface area contributed by atoms with E-state index in [-0.39, 0.29) is 12.3 Å². The fourth-order valence-electron chi connectivity index (χ4n) is 2.63. The highest BCUT2D eigenvalue weighted by atomic mass is 79.9. The Bertz CT molecular complexity index is 958. The van der Waals surface area contributed by atoms with Gasteiger partial charge in [0.05, 0.1) is 23.2 Å². The average molecular weight is 419 g/mol. The van der Waals surface area contributed by atoms with Gasteiger partial charge in [0.1, 0.15) is 5.75 Å². The number of aryl methyl sites for hydroxylation is 1. The summed E-state index contributed by atoms with van der Waals surface area (Å²) < 4.78 is 9.63. The molecule has 0 atom stereocenters. The molecule has 130 valence electrons. The van der Waals surface area contributed by atoms with E-state index in [1.807, 2.05) is 37.3 Å². The van der Waals surface area contributed by atoms with Crippen molar-refractivity contribution in [1.29, 1.82) is 0 Å². The molecule has 1 heterocycles. The molecule has 6 heteroatoms. The Kier molecular flexibility index (Phi) is 5.71. The van der Waals surface area contributed by atoms with Gasteiger partial charge in [0, 0.05) is 11.0 Å². The number of hydrogen-bond donors (Lipinski definition) is 0. The van der Waals surface area contributed by atoms with E-state index in [1.165, 1.54) is 11.3 Å². The summed E-state index contributed by atoms with van der Waals surface area (Å²) in [7, 11) is 0. The average Bonchev–Trinajstić information content (AvgIpc) is 2.92. The number of fused-ring (bicyclic) bond motifs is 1. The Morgan fingerprint density at radius 3 is 2.64 bits per heavy atom. The molecule has 0 fully saturated rings. The number of benzene rings is 2. The number of carbonyl (C=O) groups excluding carboxylic acids is 1. The largest absolute Gasteiger partial charge is 0.494 e. The number of ether oxygens (including phenoxy) is 1. The molecule has 0 aliphatic rings. The molecule has 0 radical (unpaired) electrons. The first-order valence-corrected chi connectivity index (χ1v) is 9.80. The Hall–Kier alpha value is -1.92. The van der Waals surface area contributed by atoms with E-state index < -0.39 is 0 Å². The van der Waals surface area contributed by atoms with Crippen LogP contribution in [0.4, 0.5) is 0 Å². The second kappa shape index (κ2) is 7.97. The molecule has 3 rings (SSSR count). The maximum atomic E-state index is 12.4. The summed E-state index contributed by atoms with van der Waals surface area (Å²) >= 11 is 5.03. The first kappa shape index (κ1) is 17.9. The summed E-state index contributed by atoms with van der Waals surface area (Å²) in [6, 6.07) is 13.7. The molecule has 0 aliphatic heterocycles. The predicted molar refractivity (Wildman–Crippen MR) is 105 cm³/mol. The minimum Gasteiger partial charge on any atom is -0.494 e. The van der Waals surface area contributed by atoms with Crippen molar-refractivity contribution in [2.45, 2.75) is 26.8 Å². The molecule has 0 N–H and O–H groups in total. The molecule has 3 aromatic rings. The summed E-state index contributed by atoms with van der Waals surface area (Å²) in [5.74, 6) is 0.673. The lowest BCUT2D eigenvalue weighted by atomic mass is 10.1. The van der Waals surface area contributed by atoms with Gasteiger partial charge in [-0.1, -0.05) is 39.4 Å². The van der Waals surface area contributed by atoms with Gasteiger partial charge in [-0.2, -0.15) is 4.99 Å². The molecule has 1 aromatic heterocycles. The number of carbonyl (C=O) groups is 1. The van der Waals surface area contributed by atoms with E-state index >= 15 is 0 Å². The fourth-order valence-corrected chi connectivity index (χ4v) is 4.29. The van der Waals surface area contributed by atoms with E-state index in [0.29, 0.717) is 6.61 Å². The monoisotopic (exact) mass is 418 g/mol. The molecule has 0 saturated carbocycles. The summed E-state index contributed by atoms with van der Waals surface area (Å²) in [4.78, 5) is 17.5. The van der Waals surface area contributed by atoms with Gasteiger partial charge < -0.3 is 9.30 Å². The van der Waals surface area contributed by atoms with Gasteiger partial charge in [0.15, 0.2) is 4.80 Å². The zero-order valence-electron chi connectivity index (χ0n) is 14.2. The first-order valence-electron chi connectivity index (χ1n) is 8.19. The number of nitrogens with zero attached hydrogens (tertiary/aromatic N) is 2. The van der Waals surface area contributed by atoms with E-state index in [4.69, 9.17) is 4.74 Å².